The fourth-order valence-corrected chi connectivity index (χ4v) is 8.32. The molecule has 1 aliphatic rings. The van der Waals surface area contributed by atoms with E-state index in [9.17, 15) is 0 Å². The molecule has 9 aromatic rings. The number of benzene rings is 8. The maximum atomic E-state index is 2.57. The SMILES string of the molecule is CC1(C)c2ccccc2-c2c3c1cccc3cc1c3ccc4ccccc4c3n(-c3ccc4cc(-c5ccccc5)ccc4c3)c21. The van der Waals surface area contributed by atoms with Gasteiger partial charge in [0.15, 0.2) is 0 Å². The first kappa shape index (κ1) is 25.6. The van der Waals surface area contributed by atoms with Gasteiger partial charge in [-0.1, -0.05) is 141 Å². The van der Waals surface area contributed by atoms with Crippen molar-refractivity contribution in [3.63, 3.8) is 0 Å². The van der Waals surface area contributed by atoms with E-state index in [4.69, 9.17) is 0 Å². The van der Waals surface area contributed by atoms with E-state index in [2.05, 4.69) is 170 Å². The largest absolute Gasteiger partial charge is 0.308 e. The molecule has 8 aromatic carbocycles. The number of fused-ring (bicyclic) bond motifs is 9. The fourth-order valence-electron chi connectivity index (χ4n) is 8.32. The van der Waals surface area contributed by atoms with E-state index < -0.39 is 0 Å². The smallest absolute Gasteiger partial charge is 0.0626 e. The molecular formula is C45H31N. The quantitative estimate of drug-likeness (QED) is 0.190. The van der Waals surface area contributed by atoms with Crippen LogP contribution in [-0.4, -0.2) is 4.57 Å². The van der Waals surface area contributed by atoms with E-state index >= 15 is 0 Å². The third kappa shape index (κ3) is 3.40. The molecule has 1 heteroatoms. The summed E-state index contributed by atoms with van der Waals surface area (Å²) in [5, 5.41) is 10.3. The van der Waals surface area contributed by atoms with Crippen molar-refractivity contribution >= 4 is 54.1 Å². The lowest BCUT2D eigenvalue weighted by Crippen LogP contribution is -2.23. The molecule has 1 aliphatic carbocycles. The Kier molecular flexibility index (Phi) is 5.12. The van der Waals surface area contributed by atoms with E-state index in [0.717, 1.165) is 0 Å². The molecule has 216 valence electrons. The van der Waals surface area contributed by atoms with Crippen LogP contribution in [0.1, 0.15) is 25.0 Å². The second kappa shape index (κ2) is 9.19. The fraction of sp³-hybridized carbons (Fsp3) is 0.0667. The molecule has 46 heavy (non-hydrogen) atoms. The van der Waals surface area contributed by atoms with Gasteiger partial charge in [-0.2, -0.15) is 0 Å². The van der Waals surface area contributed by atoms with E-state index in [1.807, 2.05) is 0 Å². The van der Waals surface area contributed by atoms with Crippen molar-refractivity contribution in [3.05, 3.63) is 163 Å². The Morgan fingerprint density at radius 3 is 2.07 bits per heavy atom. The van der Waals surface area contributed by atoms with Gasteiger partial charge in [0.1, 0.15) is 0 Å². The molecule has 1 heterocycles. The minimum Gasteiger partial charge on any atom is -0.308 e. The van der Waals surface area contributed by atoms with E-state index in [0.29, 0.717) is 0 Å². The molecule has 0 saturated carbocycles. The van der Waals surface area contributed by atoms with Crippen molar-refractivity contribution in [2.75, 3.05) is 0 Å². The average Bonchev–Trinajstić information content (AvgIpc) is 3.44. The molecule has 0 radical (unpaired) electrons. The van der Waals surface area contributed by atoms with Crippen molar-refractivity contribution in [3.8, 4) is 27.9 Å². The summed E-state index contributed by atoms with van der Waals surface area (Å²) >= 11 is 0. The van der Waals surface area contributed by atoms with Crippen LogP contribution in [0.5, 0.6) is 0 Å². The van der Waals surface area contributed by atoms with Crippen LogP contribution in [0.25, 0.3) is 82.1 Å². The van der Waals surface area contributed by atoms with Crippen molar-refractivity contribution in [2.45, 2.75) is 19.3 Å². The predicted molar refractivity (Wildman–Crippen MR) is 196 cm³/mol. The molecule has 0 N–H and O–H groups in total. The van der Waals surface area contributed by atoms with E-state index in [-0.39, 0.29) is 5.41 Å². The molecule has 0 spiro atoms. The van der Waals surface area contributed by atoms with Crippen molar-refractivity contribution in [1.82, 2.24) is 4.57 Å². The maximum Gasteiger partial charge on any atom is 0.0626 e. The van der Waals surface area contributed by atoms with Gasteiger partial charge < -0.3 is 4.57 Å². The lowest BCUT2D eigenvalue weighted by Gasteiger charge is -2.35. The van der Waals surface area contributed by atoms with Crippen LogP contribution in [0.15, 0.2) is 152 Å². The minimum absolute atomic E-state index is 0.0975. The van der Waals surface area contributed by atoms with Gasteiger partial charge in [-0.05, 0) is 79.0 Å². The Labute approximate surface area is 268 Å². The minimum atomic E-state index is -0.0975. The number of hydrogen-bond donors (Lipinski definition) is 0. The molecule has 10 rings (SSSR count). The monoisotopic (exact) mass is 585 g/mol. The highest BCUT2D eigenvalue weighted by atomic mass is 15.0. The Bertz CT molecular complexity index is 2710. The molecule has 1 nitrogen and oxygen atoms in total. The van der Waals surface area contributed by atoms with Gasteiger partial charge in [-0.25, -0.2) is 0 Å². The summed E-state index contributed by atoms with van der Waals surface area (Å²) in [4.78, 5) is 0. The predicted octanol–water partition coefficient (Wildman–Crippen LogP) is 12.2. The topological polar surface area (TPSA) is 4.93 Å². The second-order valence-corrected chi connectivity index (χ2v) is 13.4. The highest BCUT2D eigenvalue weighted by molar-refractivity contribution is 6.26. The zero-order valence-corrected chi connectivity index (χ0v) is 25.9. The van der Waals surface area contributed by atoms with Crippen LogP contribution in [0, 0.1) is 0 Å². The van der Waals surface area contributed by atoms with Gasteiger partial charge in [-0.3, -0.25) is 0 Å². The average molecular weight is 586 g/mol. The van der Waals surface area contributed by atoms with Crippen molar-refractivity contribution < 1.29 is 0 Å². The summed E-state index contributed by atoms with van der Waals surface area (Å²) in [5.41, 5.74) is 11.6. The molecule has 0 atom stereocenters. The van der Waals surface area contributed by atoms with Gasteiger partial charge in [0.05, 0.1) is 11.0 Å². The van der Waals surface area contributed by atoms with Crippen molar-refractivity contribution in [1.29, 1.82) is 0 Å². The van der Waals surface area contributed by atoms with Gasteiger partial charge in [-0.15, -0.1) is 0 Å². The first-order valence-electron chi connectivity index (χ1n) is 16.2. The van der Waals surface area contributed by atoms with Crippen LogP contribution in [-0.2, 0) is 5.41 Å². The third-order valence-corrected chi connectivity index (χ3v) is 10.5. The Morgan fingerprint density at radius 1 is 0.435 bits per heavy atom. The Balaban J connectivity index is 1.38. The number of hydrogen-bond acceptors (Lipinski definition) is 0. The summed E-state index contributed by atoms with van der Waals surface area (Å²) in [7, 11) is 0. The highest BCUT2D eigenvalue weighted by Gasteiger charge is 2.35. The maximum absolute atomic E-state index is 2.57. The van der Waals surface area contributed by atoms with Crippen LogP contribution < -0.4 is 0 Å². The normalized spacial score (nSPS) is 13.6. The molecule has 0 amide bonds. The Hall–Kier alpha value is -5.66. The third-order valence-electron chi connectivity index (χ3n) is 10.5. The molecule has 0 unspecified atom stereocenters. The van der Waals surface area contributed by atoms with Gasteiger partial charge in [0.25, 0.3) is 0 Å². The standard InChI is InChI=1S/C45H31N/c1-45(2)39-17-9-8-16-37(39)42-41-33(14-10-18-40(41)45)27-38-36-24-22-29-13-6-7-15-35(29)43(36)46(44(38)42)34-23-21-31-25-30(19-20-32(31)26-34)28-11-4-3-5-12-28/h3-27H,1-2H3. The zero-order chi connectivity index (χ0) is 30.6. The first-order valence-corrected chi connectivity index (χ1v) is 16.2. The lowest BCUT2D eigenvalue weighted by molar-refractivity contribution is 0.645. The summed E-state index contributed by atoms with van der Waals surface area (Å²) in [6, 6.07) is 56.4. The highest BCUT2D eigenvalue weighted by Crippen LogP contribution is 2.53. The van der Waals surface area contributed by atoms with Crippen LogP contribution in [0.4, 0.5) is 0 Å². The van der Waals surface area contributed by atoms with Crippen LogP contribution >= 0.6 is 0 Å². The van der Waals surface area contributed by atoms with Gasteiger partial charge >= 0.3 is 0 Å². The summed E-state index contributed by atoms with van der Waals surface area (Å²) in [6.45, 7) is 4.76. The summed E-state index contributed by atoms with van der Waals surface area (Å²) < 4.78 is 2.57. The molecule has 0 aliphatic heterocycles. The zero-order valence-electron chi connectivity index (χ0n) is 25.9. The van der Waals surface area contributed by atoms with Crippen molar-refractivity contribution in [2.24, 2.45) is 0 Å². The summed E-state index contributed by atoms with van der Waals surface area (Å²) in [6.07, 6.45) is 0. The number of rotatable bonds is 2. The number of nitrogens with zero attached hydrogens (tertiary/aromatic N) is 1. The first-order chi connectivity index (χ1) is 22.6. The number of aromatic nitrogens is 1. The van der Waals surface area contributed by atoms with E-state index in [1.165, 1.54) is 93.2 Å². The van der Waals surface area contributed by atoms with E-state index in [1.54, 1.807) is 0 Å². The lowest BCUT2D eigenvalue weighted by atomic mass is 9.68. The molecule has 0 bridgehead atoms. The van der Waals surface area contributed by atoms with Gasteiger partial charge in [0, 0.05) is 32.8 Å². The van der Waals surface area contributed by atoms with Gasteiger partial charge in [0.2, 0.25) is 0 Å². The molecule has 0 fully saturated rings. The molecule has 0 saturated heterocycles. The molecule has 1 aromatic heterocycles. The Morgan fingerprint density at radius 2 is 1.15 bits per heavy atom. The van der Waals surface area contributed by atoms with Crippen LogP contribution in [0.2, 0.25) is 0 Å². The second-order valence-electron chi connectivity index (χ2n) is 13.4. The van der Waals surface area contributed by atoms with Crippen LogP contribution in [0.3, 0.4) is 0 Å². The summed E-state index contributed by atoms with van der Waals surface area (Å²) in [5.74, 6) is 0. The molecular weight excluding hydrogens is 555 g/mol.